The molecule has 2 aromatic rings. The Kier molecular flexibility index (Phi) is 3.66. The molecule has 1 aromatic heterocycles. The average Bonchev–Trinajstić information content (AvgIpc) is 2.34. The van der Waals surface area contributed by atoms with Gasteiger partial charge in [-0.15, -0.1) is 0 Å². The Bertz CT molecular complexity index is 602. The largest absolute Gasteiger partial charge is 0.437 e. The fraction of sp³-hybridized carbons (Fsp3) is 0.0833. The topological polar surface area (TPSA) is 48.1 Å². The Morgan fingerprint density at radius 1 is 1.16 bits per heavy atom. The van der Waals surface area contributed by atoms with Crippen molar-refractivity contribution in [3.05, 3.63) is 46.6 Å². The number of hydrogen-bond acceptors (Lipinski definition) is 3. The first-order chi connectivity index (χ1) is 8.89. The van der Waals surface area contributed by atoms with Crippen molar-refractivity contribution in [3.63, 3.8) is 0 Å². The predicted molar refractivity (Wildman–Crippen MR) is 67.9 cm³/mol. The molecule has 0 aliphatic rings. The molecule has 0 spiro atoms. The summed E-state index contributed by atoms with van der Waals surface area (Å²) in [5.74, 6) is -0.342. The van der Waals surface area contributed by atoms with E-state index in [4.69, 9.17) is 10.5 Å². The van der Waals surface area contributed by atoms with E-state index in [1.165, 1.54) is 18.3 Å². The predicted octanol–water partition coefficient (Wildman–Crippen LogP) is 4.24. The molecule has 1 heterocycles. The quantitative estimate of drug-likeness (QED) is 0.837. The van der Waals surface area contributed by atoms with Crippen LogP contribution >= 0.6 is 15.9 Å². The molecule has 0 saturated heterocycles. The van der Waals surface area contributed by atoms with Crippen LogP contribution < -0.4 is 10.5 Å². The van der Waals surface area contributed by atoms with E-state index >= 15 is 0 Å². The minimum Gasteiger partial charge on any atom is -0.437 e. The number of hydrogen-bond donors (Lipinski definition) is 1. The summed E-state index contributed by atoms with van der Waals surface area (Å²) < 4.78 is 43.9. The van der Waals surface area contributed by atoms with Gasteiger partial charge in [-0.2, -0.15) is 13.2 Å². The van der Waals surface area contributed by atoms with Crippen molar-refractivity contribution < 1.29 is 17.9 Å². The summed E-state index contributed by atoms with van der Waals surface area (Å²) in [6.45, 7) is 0. The van der Waals surface area contributed by atoms with Crippen molar-refractivity contribution in [2.24, 2.45) is 0 Å². The lowest BCUT2D eigenvalue weighted by atomic mass is 10.2. The van der Waals surface area contributed by atoms with E-state index < -0.39 is 17.6 Å². The number of pyridine rings is 1. The third kappa shape index (κ3) is 2.98. The molecule has 1 aromatic carbocycles. The zero-order valence-corrected chi connectivity index (χ0v) is 11.0. The highest BCUT2D eigenvalue weighted by atomic mass is 79.9. The highest BCUT2D eigenvalue weighted by Crippen LogP contribution is 2.39. The molecule has 0 unspecified atom stereocenters. The van der Waals surface area contributed by atoms with Gasteiger partial charge in [0.2, 0.25) is 5.88 Å². The van der Waals surface area contributed by atoms with Crippen LogP contribution in [-0.2, 0) is 6.18 Å². The van der Waals surface area contributed by atoms with Gasteiger partial charge in [0.1, 0.15) is 11.3 Å². The summed E-state index contributed by atoms with van der Waals surface area (Å²) in [5, 5.41) is 0. The summed E-state index contributed by atoms with van der Waals surface area (Å²) in [5.41, 5.74) is 5.05. The molecule has 0 aliphatic carbocycles. The van der Waals surface area contributed by atoms with E-state index in [1.807, 2.05) is 0 Å². The number of nitrogens with zero attached hydrogens (tertiary/aromatic N) is 1. The van der Waals surface area contributed by atoms with Crippen LogP contribution in [0.2, 0.25) is 0 Å². The van der Waals surface area contributed by atoms with Gasteiger partial charge in [-0.1, -0.05) is 6.07 Å². The van der Waals surface area contributed by atoms with E-state index in [1.54, 1.807) is 12.1 Å². The fourth-order valence-electron chi connectivity index (χ4n) is 1.40. The highest BCUT2D eigenvalue weighted by Gasteiger charge is 2.35. The van der Waals surface area contributed by atoms with Crippen LogP contribution in [-0.4, -0.2) is 4.98 Å². The van der Waals surface area contributed by atoms with E-state index in [9.17, 15) is 13.2 Å². The number of alkyl halides is 3. The van der Waals surface area contributed by atoms with Gasteiger partial charge in [-0.05, 0) is 40.2 Å². The van der Waals surface area contributed by atoms with E-state index in [0.717, 1.165) is 6.07 Å². The Hall–Kier alpha value is -1.76. The highest BCUT2D eigenvalue weighted by molar-refractivity contribution is 9.10. The van der Waals surface area contributed by atoms with Crippen LogP contribution in [0.3, 0.4) is 0 Å². The van der Waals surface area contributed by atoms with Crippen LogP contribution in [0.4, 0.5) is 18.9 Å². The normalized spacial score (nSPS) is 11.4. The first-order valence-electron chi connectivity index (χ1n) is 5.13. The second kappa shape index (κ2) is 5.08. The summed E-state index contributed by atoms with van der Waals surface area (Å²) in [7, 11) is 0. The molecule has 0 atom stereocenters. The standard InChI is InChI=1S/C12H8BrF3N2O/c13-10-8(17)4-1-5-9(10)19-11-7(12(14,15)16)3-2-6-18-11/h1-6H,17H2. The number of halogens is 4. The molecule has 0 bridgehead atoms. The van der Waals surface area contributed by atoms with E-state index in [-0.39, 0.29) is 5.75 Å². The third-order valence-corrected chi connectivity index (χ3v) is 3.12. The maximum atomic E-state index is 12.8. The van der Waals surface area contributed by atoms with Gasteiger partial charge >= 0.3 is 6.18 Å². The second-order valence-electron chi connectivity index (χ2n) is 3.62. The SMILES string of the molecule is Nc1cccc(Oc2ncccc2C(F)(F)F)c1Br. The number of benzene rings is 1. The first-order valence-corrected chi connectivity index (χ1v) is 5.93. The molecular weight excluding hydrogens is 325 g/mol. The lowest BCUT2D eigenvalue weighted by Gasteiger charge is -2.13. The van der Waals surface area contributed by atoms with Crippen molar-refractivity contribution in [3.8, 4) is 11.6 Å². The number of aromatic nitrogens is 1. The van der Waals surface area contributed by atoms with Gasteiger partial charge in [0.25, 0.3) is 0 Å². The van der Waals surface area contributed by atoms with Crippen LogP contribution in [0, 0.1) is 0 Å². The van der Waals surface area contributed by atoms with Crippen LogP contribution in [0.15, 0.2) is 41.0 Å². The smallest absolute Gasteiger partial charge is 0.421 e. The Morgan fingerprint density at radius 3 is 2.58 bits per heavy atom. The summed E-state index contributed by atoms with van der Waals surface area (Å²) >= 11 is 3.15. The summed E-state index contributed by atoms with van der Waals surface area (Å²) in [6.07, 6.45) is -3.30. The first kappa shape index (κ1) is 13.7. The molecule has 0 aliphatic heterocycles. The van der Waals surface area contributed by atoms with Gasteiger partial charge in [-0.25, -0.2) is 4.98 Å². The van der Waals surface area contributed by atoms with Crippen LogP contribution in [0.1, 0.15) is 5.56 Å². The molecule has 2 rings (SSSR count). The van der Waals surface area contributed by atoms with Crippen molar-refractivity contribution >= 4 is 21.6 Å². The Labute approximate surface area is 115 Å². The Morgan fingerprint density at radius 2 is 1.89 bits per heavy atom. The van der Waals surface area contributed by atoms with Gasteiger partial charge in [0.05, 0.1) is 4.47 Å². The molecule has 2 N–H and O–H groups in total. The zero-order chi connectivity index (χ0) is 14.0. The fourth-order valence-corrected chi connectivity index (χ4v) is 1.74. The molecule has 3 nitrogen and oxygen atoms in total. The van der Waals surface area contributed by atoms with E-state index in [0.29, 0.717) is 10.2 Å². The lowest BCUT2D eigenvalue weighted by molar-refractivity contribution is -0.138. The minimum atomic E-state index is -4.53. The number of nitrogens with two attached hydrogens (primary N) is 1. The van der Waals surface area contributed by atoms with Crippen molar-refractivity contribution in [2.75, 3.05) is 5.73 Å². The monoisotopic (exact) mass is 332 g/mol. The Balaban J connectivity index is 2.42. The maximum Gasteiger partial charge on any atom is 0.421 e. The zero-order valence-electron chi connectivity index (χ0n) is 9.41. The van der Waals surface area contributed by atoms with Crippen LogP contribution in [0.25, 0.3) is 0 Å². The van der Waals surface area contributed by atoms with Gasteiger partial charge in [-0.3, -0.25) is 0 Å². The molecular formula is C12H8BrF3N2O. The summed E-state index contributed by atoms with van der Waals surface area (Å²) in [4.78, 5) is 3.61. The minimum absolute atomic E-state index is 0.171. The van der Waals surface area contributed by atoms with Crippen molar-refractivity contribution in [2.45, 2.75) is 6.18 Å². The second-order valence-corrected chi connectivity index (χ2v) is 4.41. The molecule has 19 heavy (non-hydrogen) atoms. The van der Waals surface area contributed by atoms with Crippen molar-refractivity contribution in [1.29, 1.82) is 0 Å². The molecule has 100 valence electrons. The lowest BCUT2D eigenvalue weighted by Crippen LogP contribution is -2.08. The number of rotatable bonds is 2. The molecule has 0 amide bonds. The average molecular weight is 333 g/mol. The number of ether oxygens (including phenoxy) is 1. The number of nitrogen functional groups attached to an aromatic ring is 1. The molecule has 0 fully saturated rings. The van der Waals surface area contributed by atoms with E-state index in [2.05, 4.69) is 20.9 Å². The third-order valence-electron chi connectivity index (χ3n) is 2.28. The molecule has 7 heteroatoms. The van der Waals surface area contributed by atoms with Gasteiger partial charge in [0, 0.05) is 11.9 Å². The van der Waals surface area contributed by atoms with Crippen molar-refractivity contribution in [1.82, 2.24) is 4.98 Å². The maximum absolute atomic E-state index is 12.8. The molecule has 0 saturated carbocycles. The molecule has 0 radical (unpaired) electrons. The van der Waals surface area contributed by atoms with Crippen LogP contribution in [0.5, 0.6) is 11.6 Å². The van der Waals surface area contributed by atoms with Gasteiger partial charge in [0.15, 0.2) is 0 Å². The summed E-state index contributed by atoms with van der Waals surface area (Å²) in [6, 6.07) is 6.77. The van der Waals surface area contributed by atoms with Gasteiger partial charge < -0.3 is 10.5 Å². The number of anilines is 1.